The van der Waals surface area contributed by atoms with Gasteiger partial charge in [0.2, 0.25) is 5.75 Å². The molecule has 0 aliphatic heterocycles. The second kappa shape index (κ2) is 6.36. The van der Waals surface area contributed by atoms with Crippen molar-refractivity contribution in [2.75, 3.05) is 5.73 Å². The largest absolute Gasteiger partial charge is 0.480 e. The van der Waals surface area contributed by atoms with Crippen LogP contribution in [-0.4, -0.2) is 9.91 Å². The van der Waals surface area contributed by atoms with Gasteiger partial charge in [0.1, 0.15) is 12.4 Å². The summed E-state index contributed by atoms with van der Waals surface area (Å²) in [5, 5.41) is 19.9. The molecule has 1 heterocycles. The molecule has 0 saturated carbocycles. The fourth-order valence-corrected chi connectivity index (χ4v) is 2.41. The zero-order chi connectivity index (χ0) is 15.4. The van der Waals surface area contributed by atoms with Crippen LogP contribution < -0.4 is 10.5 Å². The molecule has 0 atom stereocenters. The van der Waals surface area contributed by atoms with E-state index >= 15 is 0 Å². The molecule has 21 heavy (non-hydrogen) atoms. The van der Waals surface area contributed by atoms with Gasteiger partial charge in [-0.05, 0) is 40.8 Å². The second-order valence-corrected chi connectivity index (χ2v) is 5.18. The summed E-state index contributed by atoms with van der Waals surface area (Å²) in [7, 11) is 0. The number of aromatic nitrogens is 1. The highest BCUT2D eigenvalue weighted by molar-refractivity contribution is 14.1. The highest BCUT2D eigenvalue weighted by Crippen LogP contribution is 2.34. The third-order valence-corrected chi connectivity index (χ3v) is 3.34. The molecule has 8 heteroatoms. The van der Waals surface area contributed by atoms with Gasteiger partial charge in [-0.2, -0.15) is 5.26 Å². The van der Waals surface area contributed by atoms with E-state index in [-0.39, 0.29) is 23.6 Å². The maximum absolute atomic E-state index is 11.1. The van der Waals surface area contributed by atoms with Gasteiger partial charge >= 0.3 is 5.69 Å². The zero-order valence-corrected chi connectivity index (χ0v) is 12.8. The number of nitro benzene ring substituents is 1. The number of benzene rings is 1. The molecule has 0 aliphatic rings. The molecule has 0 radical (unpaired) electrons. The maximum atomic E-state index is 11.1. The minimum absolute atomic E-state index is 0.0494. The Kier molecular flexibility index (Phi) is 4.54. The van der Waals surface area contributed by atoms with Crippen LogP contribution in [0.1, 0.15) is 11.3 Å². The summed E-state index contributed by atoms with van der Waals surface area (Å²) in [5.74, 6) is 0.462. The van der Waals surface area contributed by atoms with Crippen LogP contribution in [0.25, 0.3) is 0 Å². The van der Waals surface area contributed by atoms with Crippen molar-refractivity contribution in [2.24, 2.45) is 0 Å². The number of nitrogens with zero attached hydrogens (tertiary/aromatic N) is 3. The molecule has 0 saturated heterocycles. The molecule has 0 amide bonds. The Morgan fingerprint density at radius 1 is 1.48 bits per heavy atom. The van der Waals surface area contributed by atoms with Crippen molar-refractivity contribution in [3.8, 4) is 11.8 Å². The minimum Gasteiger partial charge on any atom is -0.480 e. The Hall–Kier alpha value is -2.41. The van der Waals surface area contributed by atoms with Gasteiger partial charge in [-0.3, -0.25) is 10.1 Å². The highest BCUT2D eigenvalue weighted by Gasteiger charge is 2.20. The van der Waals surface area contributed by atoms with Crippen LogP contribution in [0.2, 0.25) is 0 Å². The van der Waals surface area contributed by atoms with E-state index in [9.17, 15) is 10.1 Å². The van der Waals surface area contributed by atoms with Crippen LogP contribution in [0.5, 0.6) is 5.75 Å². The average molecular weight is 396 g/mol. The third kappa shape index (κ3) is 3.57. The quantitative estimate of drug-likeness (QED) is 0.483. The molecule has 2 aromatic rings. The number of pyridine rings is 1. The van der Waals surface area contributed by atoms with Crippen molar-refractivity contribution in [3.05, 3.63) is 55.3 Å². The van der Waals surface area contributed by atoms with Gasteiger partial charge in [-0.15, -0.1) is 0 Å². The van der Waals surface area contributed by atoms with Crippen molar-refractivity contribution in [3.63, 3.8) is 0 Å². The summed E-state index contributed by atoms with van der Waals surface area (Å²) in [6, 6.07) is 9.65. The molecule has 0 unspecified atom stereocenters. The van der Waals surface area contributed by atoms with Gasteiger partial charge in [0.15, 0.2) is 0 Å². The number of halogens is 1. The maximum Gasteiger partial charge on any atom is 0.313 e. The molecular formula is C13H9IN4O3. The van der Waals surface area contributed by atoms with Crippen LogP contribution >= 0.6 is 22.6 Å². The Bertz CT molecular complexity index is 743. The molecule has 0 fully saturated rings. The lowest BCUT2D eigenvalue weighted by Gasteiger charge is -2.09. The number of ether oxygens (including phenoxy) is 1. The van der Waals surface area contributed by atoms with Crippen molar-refractivity contribution in [1.29, 1.82) is 5.26 Å². The van der Waals surface area contributed by atoms with Gasteiger partial charge in [0.05, 0.1) is 25.8 Å². The number of nitrogen functional groups attached to an aromatic ring is 1. The number of nitro groups is 1. The summed E-state index contributed by atoms with van der Waals surface area (Å²) >= 11 is 1.89. The fourth-order valence-electron chi connectivity index (χ4n) is 1.65. The van der Waals surface area contributed by atoms with E-state index in [0.29, 0.717) is 15.1 Å². The van der Waals surface area contributed by atoms with Crippen molar-refractivity contribution >= 4 is 34.1 Å². The molecular weight excluding hydrogens is 387 g/mol. The van der Waals surface area contributed by atoms with Crippen LogP contribution in [0.3, 0.4) is 0 Å². The first-order chi connectivity index (χ1) is 10.0. The molecule has 0 spiro atoms. The number of nitrogens with two attached hydrogens (primary N) is 1. The number of anilines is 1. The van der Waals surface area contributed by atoms with Crippen LogP contribution in [0, 0.1) is 25.0 Å². The number of rotatable bonds is 4. The molecule has 1 aromatic heterocycles. The molecule has 106 valence electrons. The molecule has 0 bridgehead atoms. The monoisotopic (exact) mass is 396 g/mol. The SMILES string of the molecule is N#Cc1cc(I)c(OCc2cccc(N)n2)c([N+](=O)[O-])c1. The van der Waals surface area contributed by atoms with Gasteiger partial charge < -0.3 is 10.5 Å². The van der Waals surface area contributed by atoms with E-state index in [1.807, 2.05) is 28.7 Å². The lowest BCUT2D eigenvalue weighted by atomic mass is 10.2. The summed E-state index contributed by atoms with van der Waals surface area (Å²) in [6.45, 7) is 0.0494. The first kappa shape index (κ1) is 15.0. The van der Waals surface area contributed by atoms with E-state index in [1.165, 1.54) is 12.1 Å². The fraction of sp³-hybridized carbons (Fsp3) is 0.0769. The van der Waals surface area contributed by atoms with E-state index in [4.69, 9.17) is 15.7 Å². The lowest BCUT2D eigenvalue weighted by molar-refractivity contribution is -0.386. The first-order valence-electron chi connectivity index (χ1n) is 5.73. The second-order valence-electron chi connectivity index (χ2n) is 4.02. The topological polar surface area (TPSA) is 115 Å². The zero-order valence-electron chi connectivity index (χ0n) is 10.6. The molecule has 7 nitrogen and oxygen atoms in total. The average Bonchev–Trinajstić information content (AvgIpc) is 2.45. The summed E-state index contributed by atoms with van der Waals surface area (Å²) in [4.78, 5) is 14.6. The third-order valence-electron chi connectivity index (χ3n) is 2.54. The van der Waals surface area contributed by atoms with Gasteiger partial charge in [-0.25, -0.2) is 4.98 Å². The summed E-state index contributed by atoms with van der Waals surface area (Å²) in [6.07, 6.45) is 0. The van der Waals surface area contributed by atoms with E-state index in [2.05, 4.69) is 4.98 Å². The minimum atomic E-state index is -0.578. The van der Waals surface area contributed by atoms with Crippen LogP contribution in [0.4, 0.5) is 11.5 Å². The normalized spacial score (nSPS) is 9.90. The van der Waals surface area contributed by atoms with Crippen molar-refractivity contribution < 1.29 is 9.66 Å². The van der Waals surface area contributed by atoms with Gasteiger partial charge in [0.25, 0.3) is 0 Å². The Morgan fingerprint density at radius 2 is 2.24 bits per heavy atom. The predicted octanol–water partition coefficient (Wildman–Crippen LogP) is 2.63. The Morgan fingerprint density at radius 3 is 2.86 bits per heavy atom. The highest BCUT2D eigenvalue weighted by atomic mass is 127. The van der Waals surface area contributed by atoms with Crippen LogP contribution in [0.15, 0.2) is 30.3 Å². The van der Waals surface area contributed by atoms with Crippen molar-refractivity contribution in [1.82, 2.24) is 4.98 Å². The standard InChI is InChI=1S/C13H9IN4O3/c14-10-4-8(6-15)5-11(18(19)20)13(10)21-7-9-2-1-3-12(16)17-9/h1-5H,7H2,(H2,16,17). The van der Waals surface area contributed by atoms with E-state index in [0.717, 1.165) is 0 Å². The lowest BCUT2D eigenvalue weighted by Crippen LogP contribution is -2.04. The van der Waals surface area contributed by atoms with Gasteiger partial charge in [0, 0.05) is 6.07 Å². The van der Waals surface area contributed by atoms with Crippen LogP contribution in [-0.2, 0) is 6.61 Å². The van der Waals surface area contributed by atoms with E-state index < -0.39 is 4.92 Å². The molecule has 2 rings (SSSR count). The molecule has 1 aromatic carbocycles. The smallest absolute Gasteiger partial charge is 0.313 e. The first-order valence-corrected chi connectivity index (χ1v) is 6.81. The Labute approximate surface area is 133 Å². The number of hydrogen-bond acceptors (Lipinski definition) is 6. The van der Waals surface area contributed by atoms with E-state index in [1.54, 1.807) is 18.2 Å². The number of nitriles is 1. The Balaban J connectivity index is 2.31. The van der Waals surface area contributed by atoms with Gasteiger partial charge in [-0.1, -0.05) is 6.07 Å². The summed E-state index contributed by atoms with van der Waals surface area (Å²) in [5.41, 5.74) is 6.08. The molecule has 0 aliphatic carbocycles. The summed E-state index contributed by atoms with van der Waals surface area (Å²) < 4.78 is 5.98. The van der Waals surface area contributed by atoms with Crippen molar-refractivity contribution in [2.45, 2.75) is 6.61 Å². The molecule has 2 N–H and O–H groups in total. The number of hydrogen-bond donors (Lipinski definition) is 1. The predicted molar refractivity (Wildman–Crippen MR) is 83.5 cm³/mol.